The van der Waals surface area contributed by atoms with Crippen molar-refractivity contribution in [2.75, 3.05) is 0 Å². The lowest BCUT2D eigenvalue weighted by atomic mass is 9.46. The van der Waals surface area contributed by atoms with Gasteiger partial charge in [-0.25, -0.2) is 4.79 Å². The van der Waals surface area contributed by atoms with E-state index in [1.165, 1.54) is 0 Å². The Morgan fingerprint density at radius 2 is 1.75 bits per heavy atom. The van der Waals surface area contributed by atoms with Crippen LogP contribution in [0.1, 0.15) is 38.5 Å². The van der Waals surface area contributed by atoms with Crippen molar-refractivity contribution in [1.29, 1.82) is 0 Å². The summed E-state index contributed by atoms with van der Waals surface area (Å²) in [6.07, 6.45) is 3.44. The minimum atomic E-state index is -1.30. The van der Waals surface area contributed by atoms with E-state index in [1.807, 2.05) is 0 Å². The number of aliphatic carboxylic acids is 1. The Morgan fingerprint density at radius 1 is 1.19 bits per heavy atom. The summed E-state index contributed by atoms with van der Waals surface area (Å²) in [7, 11) is 0. The standard InChI is InChI=1S/C12H18O4/c13-9(10(14)15)11-2-7-1-8(3-11)5-12(16,4-7)6-11/h7-9,13,16H,1-6H2,(H,14,15). The highest BCUT2D eigenvalue weighted by molar-refractivity contribution is 5.73. The summed E-state index contributed by atoms with van der Waals surface area (Å²) in [5.41, 5.74) is -1.24. The van der Waals surface area contributed by atoms with Gasteiger partial charge in [0.1, 0.15) is 0 Å². The Morgan fingerprint density at radius 3 is 2.19 bits per heavy atom. The van der Waals surface area contributed by atoms with Gasteiger partial charge in [0, 0.05) is 5.41 Å². The molecule has 0 saturated heterocycles. The van der Waals surface area contributed by atoms with E-state index >= 15 is 0 Å². The molecule has 16 heavy (non-hydrogen) atoms. The normalized spacial score (nSPS) is 51.6. The molecule has 3 unspecified atom stereocenters. The third-order valence-electron chi connectivity index (χ3n) is 4.89. The molecule has 4 aliphatic carbocycles. The van der Waals surface area contributed by atoms with E-state index in [1.54, 1.807) is 0 Å². The summed E-state index contributed by atoms with van der Waals surface area (Å²) < 4.78 is 0. The number of carboxylic acid groups (broad SMARTS) is 1. The average Bonchev–Trinajstić information content (AvgIpc) is 2.12. The quantitative estimate of drug-likeness (QED) is 0.649. The minimum Gasteiger partial charge on any atom is -0.479 e. The summed E-state index contributed by atoms with van der Waals surface area (Å²) in [5, 5.41) is 29.3. The lowest BCUT2D eigenvalue weighted by Gasteiger charge is -2.60. The molecular weight excluding hydrogens is 208 g/mol. The molecule has 4 aliphatic rings. The number of aliphatic hydroxyl groups excluding tert-OH is 1. The fourth-order valence-electron chi connectivity index (χ4n) is 4.87. The SMILES string of the molecule is O=C(O)C(O)C12CC3CC(CC(O)(C3)C1)C2. The highest BCUT2D eigenvalue weighted by Gasteiger charge is 2.60. The van der Waals surface area contributed by atoms with Crippen LogP contribution in [0.3, 0.4) is 0 Å². The third-order valence-corrected chi connectivity index (χ3v) is 4.89. The van der Waals surface area contributed by atoms with Gasteiger partial charge in [0.15, 0.2) is 6.10 Å². The van der Waals surface area contributed by atoms with E-state index in [4.69, 9.17) is 5.11 Å². The van der Waals surface area contributed by atoms with E-state index in [0.717, 1.165) is 32.1 Å². The smallest absolute Gasteiger partial charge is 0.333 e. The van der Waals surface area contributed by atoms with Crippen LogP contribution in [0.5, 0.6) is 0 Å². The van der Waals surface area contributed by atoms with Gasteiger partial charge >= 0.3 is 5.97 Å². The molecule has 3 N–H and O–H groups in total. The van der Waals surface area contributed by atoms with Crippen molar-refractivity contribution >= 4 is 5.97 Å². The molecule has 0 heterocycles. The van der Waals surface area contributed by atoms with E-state index < -0.39 is 23.1 Å². The summed E-state index contributed by atoms with van der Waals surface area (Å²) in [6.45, 7) is 0. The molecule has 4 saturated carbocycles. The maximum absolute atomic E-state index is 11.0. The number of carboxylic acids is 1. The lowest BCUT2D eigenvalue weighted by Crippen LogP contribution is -2.60. The topological polar surface area (TPSA) is 77.8 Å². The largest absolute Gasteiger partial charge is 0.479 e. The second-order valence-corrected chi connectivity index (χ2v) is 6.29. The zero-order valence-electron chi connectivity index (χ0n) is 9.22. The predicted molar refractivity (Wildman–Crippen MR) is 55.7 cm³/mol. The fourth-order valence-corrected chi connectivity index (χ4v) is 4.87. The Labute approximate surface area is 94.3 Å². The first-order valence-corrected chi connectivity index (χ1v) is 6.06. The molecule has 0 aromatic rings. The van der Waals surface area contributed by atoms with E-state index in [-0.39, 0.29) is 0 Å². The van der Waals surface area contributed by atoms with Crippen molar-refractivity contribution in [1.82, 2.24) is 0 Å². The fraction of sp³-hybridized carbons (Fsp3) is 0.917. The Bertz CT molecular complexity index is 324. The molecule has 4 rings (SSSR count). The molecule has 4 nitrogen and oxygen atoms in total. The Hall–Kier alpha value is -0.610. The molecule has 0 aromatic carbocycles. The van der Waals surface area contributed by atoms with Gasteiger partial charge in [-0.15, -0.1) is 0 Å². The van der Waals surface area contributed by atoms with Crippen molar-refractivity contribution < 1.29 is 20.1 Å². The second-order valence-electron chi connectivity index (χ2n) is 6.29. The van der Waals surface area contributed by atoms with Crippen LogP contribution in [-0.4, -0.2) is 33.0 Å². The number of hydrogen-bond acceptors (Lipinski definition) is 3. The summed E-state index contributed by atoms with van der Waals surface area (Å²) in [4.78, 5) is 11.0. The molecule has 0 aromatic heterocycles. The Balaban J connectivity index is 1.94. The number of hydrogen-bond donors (Lipinski definition) is 3. The zero-order chi connectivity index (χ0) is 11.6. The van der Waals surface area contributed by atoms with E-state index in [9.17, 15) is 15.0 Å². The lowest BCUT2D eigenvalue weighted by molar-refractivity contribution is -0.203. The van der Waals surface area contributed by atoms with Gasteiger partial charge in [-0.2, -0.15) is 0 Å². The van der Waals surface area contributed by atoms with Crippen molar-refractivity contribution in [3.8, 4) is 0 Å². The molecule has 3 atom stereocenters. The first kappa shape index (κ1) is 10.5. The molecule has 0 amide bonds. The monoisotopic (exact) mass is 226 g/mol. The van der Waals surface area contributed by atoms with Gasteiger partial charge < -0.3 is 15.3 Å². The van der Waals surface area contributed by atoms with Gasteiger partial charge in [-0.1, -0.05) is 0 Å². The predicted octanol–water partition coefficient (Wildman–Crippen LogP) is 0.763. The van der Waals surface area contributed by atoms with Gasteiger partial charge in [-0.05, 0) is 50.4 Å². The first-order valence-electron chi connectivity index (χ1n) is 6.06. The van der Waals surface area contributed by atoms with E-state index in [2.05, 4.69) is 0 Å². The molecule has 0 radical (unpaired) electrons. The van der Waals surface area contributed by atoms with Crippen LogP contribution in [-0.2, 0) is 4.79 Å². The third kappa shape index (κ3) is 1.32. The highest BCUT2D eigenvalue weighted by Crippen LogP contribution is 2.62. The number of aliphatic hydroxyl groups is 2. The molecule has 4 heteroatoms. The molecule has 90 valence electrons. The molecule has 0 spiro atoms. The van der Waals surface area contributed by atoms with Crippen LogP contribution in [0.4, 0.5) is 0 Å². The van der Waals surface area contributed by atoms with Gasteiger partial charge in [-0.3, -0.25) is 0 Å². The van der Waals surface area contributed by atoms with Crippen LogP contribution in [0.2, 0.25) is 0 Å². The van der Waals surface area contributed by atoms with E-state index in [0.29, 0.717) is 18.3 Å². The summed E-state index contributed by atoms with van der Waals surface area (Å²) in [5.74, 6) is -0.300. The molecular formula is C12H18O4. The van der Waals surface area contributed by atoms with Crippen LogP contribution in [0.15, 0.2) is 0 Å². The van der Waals surface area contributed by atoms with Crippen LogP contribution in [0.25, 0.3) is 0 Å². The molecule has 0 aliphatic heterocycles. The minimum absolute atomic E-state index is 0.417. The number of rotatable bonds is 2. The first-order chi connectivity index (χ1) is 7.42. The van der Waals surface area contributed by atoms with Crippen molar-refractivity contribution in [2.45, 2.75) is 50.2 Å². The number of carbonyl (C=O) groups is 1. The second kappa shape index (κ2) is 2.99. The zero-order valence-corrected chi connectivity index (χ0v) is 9.22. The van der Waals surface area contributed by atoms with Crippen LogP contribution in [0, 0.1) is 17.3 Å². The highest BCUT2D eigenvalue weighted by atomic mass is 16.4. The Kier molecular flexibility index (Phi) is 1.97. The van der Waals surface area contributed by atoms with Crippen molar-refractivity contribution in [3.05, 3.63) is 0 Å². The van der Waals surface area contributed by atoms with Gasteiger partial charge in [0.25, 0.3) is 0 Å². The molecule has 4 bridgehead atoms. The summed E-state index contributed by atoms with van der Waals surface area (Å²) >= 11 is 0. The van der Waals surface area contributed by atoms with Gasteiger partial charge in [0.05, 0.1) is 5.60 Å². The van der Waals surface area contributed by atoms with Crippen molar-refractivity contribution in [2.24, 2.45) is 17.3 Å². The maximum atomic E-state index is 11.0. The van der Waals surface area contributed by atoms with Crippen molar-refractivity contribution in [3.63, 3.8) is 0 Å². The van der Waals surface area contributed by atoms with Crippen LogP contribution >= 0.6 is 0 Å². The summed E-state index contributed by atoms with van der Waals surface area (Å²) in [6, 6.07) is 0. The maximum Gasteiger partial charge on any atom is 0.333 e. The van der Waals surface area contributed by atoms with Gasteiger partial charge in [0.2, 0.25) is 0 Å². The molecule has 4 fully saturated rings. The average molecular weight is 226 g/mol. The van der Waals surface area contributed by atoms with Crippen LogP contribution < -0.4 is 0 Å².